The van der Waals surface area contributed by atoms with Crippen LogP contribution in [0.2, 0.25) is 5.15 Å². The molecule has 0 fully saturated rings. The van der Waals surface area contributed by atoms with Crippen LogP contribution in [0.3, 0.4) is 0 Å². The zero-order valence-corrected chi connectivity index (χ0v) is 14.0. The average molecular weight is 349 g/mol. The Balaban J connectivity index is 1.79. The number of esters is 1. The zero-order valence-electron chi connectivity index (χ0n) is 12.4. The fraction of sp³-hybridized carbons (Fsp3) is 0.125. The Morgan fingerprint density at radius 3 is 3.00 bits per heavy atom. The lowest BCUT2D eigenvalue weighted by atomic mass is 10.2. The molecule has 0 unspecified atom stereocenters. The third kappa shape index (κ3) is 3.23. The number of methoxy groups -OCH3 is 1. The van der Waals surface area contributed by atoms with E-state index in [1.807, 2.05) is 29.0 Å². The molecule has 0 spiro atoms. The molecule has 3 rings (SSSR count). The van der Waals surface area contributed by atoms with Gasteiger partial charge in [-0.25, -0.2) is 9.78 Å². The minimum atomic E-state index is -0.520. The minimum Gasteiger partial charge on any atom is -0.493 e. The van der Waals surface area contributed by atoms with Crippen LogP contribution >= 0.6 is 22.9 Å². The van der Waals surface area contributed by atoms with Crippen LogP contribution in [0, 0.1) is 6.92 Å². The molecule has 0 saturated heterocycles. The number of hydrogen-bond acceptors (Lipinski definition) is 5. The van der Waals surface area contributed by atoms with Crippen LogP contribution < -0.4 is 9.47 Å². The maximum atomic E-state index is 12.0. The van der Waals surface area contributed by atoms with E-state index in [-0.39, 0.29) is 0 Å². The van der Waals surface area contributed by atoms with Gasteiger partial charge >= 0.3 is 5.97 Å². The van der Waals surface area contributed by atoms with Crippen LogP contribution in [0.1, 0.15) is 11.3 Å². The molecule has 0 bridgehead atoms. The summed E-state index contributed by atoms with van der Waals surface area (Å²) in [5.41, 5.74) is 1.65. The lowest BCUT2D eigenvalue weighted by Crippen LogP contribution is -2.05. The Morgan fingerprint density at radius 1 is 1.39 bits per heavy atom. The normalized spacial score (nSPS) is 11.3. The predicted molar refractivity (Wildman–Crippen MR) is 90.5 cm³/mol. The highest BCUT2D eigenvalue weighted by Crippen LogP contribution is 2.28. The van der Waals surface area contributed by atoms with Crippen molar-refractivity contribution < 1.29 is 14.3 Å². The van der Waals surface area contributed by atoms with Crippen LogP contribution in [0.15, 0.2) is 35.9 Å². The smallest absolute Gasteiger partial charge is 0.336 e. The number of aromatic nitrogens is 2. The summed E-state index contributed by atoms with van der Waals surface area (Å²) in [4.78, 5) is 17.0. The molecule has 0 saturated carbocycles. The molecule has 1 aromatic carbocycles. The summed E-state index contributed by atoms with van der Waals surface area (Å²) < 4.78 is 12.3. The van der Waals surface area contributed by atoms with E-state index in [2.05, 4.69) is 4.98 Å². The van der Waals surface area contributed by atoms with E-state index < -0.39 is 5.97 Å². The second-order valence-corrected chi connectivity index (χ2v) is 5.98. The molecule has 23 heavy (non-hydrogen) atoms. The van der Waals surface area contributed by atoms with Crippen LogP contribution in [0.25, 0.3) is 11.0 Å². The number of carbonyl (C=O) groups excluding carboxylic acids is 1. The van der Waals surface area contributed by atoms with Gasteiger partial charge in [0.2, 0.25) is 0 Å². The van der Waals surface area contributed by atoms with Crippen molar-refractivity contribution >= 4 is 39.9 Å². The van der Waals surface area contributed by atoms with Crippen molar-refractivity contribution in [3.63, 3.8) is 0 Å². The summed E-state index contributed by atoms with van der Waals surface area (Å²) in [6.07, 6.45) is 4.73. The van der Waals surface area contributed by atoms with E-state index in [0.29, 0.717) is 22.3 Å². The molecule has 0 aliphatic rings. The first-order valence-corrected chi connectivity index (χ1v) is 8.00. The highest BCUT2D eigenvalue weighted by Gasteiger charge is 2.11. The summed E-state index contributed by atoms with van der Waals surface area (Å²) in [5, 5.41) is 2.24. The Hall–Kier alpha value is -2.31. The number of rotatable bonds is 4. The lowest BCUT2D eigenvalue weighted by molar-refractivity contribution is -0.129. The van der Waals surface area contributed by atoms with Crippen LogP contribution in [-0.2, 0) is 4.79 Å². The van der Waals surface area contributed by atoms with Gasteiger partial charge in [0, 0.05) is 17.7 Å². The summed E-state index contributed by atoms with van der Waals surface area (Å²) in [6, 6.07) is 5.34. The van der Waals surface area contributed by atoms with Crippen molar-refractivity contribution in [3.05, 3.63) is 52.3 Å². The van der Waals surface area contributed by atoms with Crippen molar-refractivity contribution in [1.29, 1.82) is 0 Å². The number of benzene rings is 1. The molecule has 118 valence electrons. The molecule has 0 N–H and O–H groups in total. The van der Waals surface area contributed by atoms with Gasteiger partial charge in [0.1, 0.15) is 0 Å². The summed E-state index contributed by atoms with van der Waals surface area (Å²) in [7, 11) is 1.53. The van der Waals surface area contributed by atoms with Crippen molar-refractivity contribution in [2.45, 2.75) is 6.92 Å². The van der Waals surface area contributed by atoms with Gasteiger partial charge in [0.25, 0.3) is 0 Å². The first-order chi connectivity index (χ1) is 11.1. The van der Waals surface area contributed by atoms with E-state index >= 15 is 0 Å². The van der Waals surface area contributed by atoms with Crippen molar-refractivity contribution in [2.75, 3.05) is 7.11 Å². The maximum absolute atomic E-state index is 12.0. The van der Waals surface area contributed by atoms with Crippen molar-refractivity contribution in [2.24, 2.45) is 0 Å². The van der Waals surface area contributed by atoms with Gasteiger partial charge in [-0.05, 0) is 30.7 Å². The molecular formula is C16H13ClN2O3S. The highest BCUT2D eigenvalue weighted by molar-refractivity contribution is 7.15. The van der Waals surface area contributed by atoms with Gasteiger partial charge in [-0.1, -0.05) is 17.7 Å². The highest BCUT2D eigenvalue weighted by atomic mass is 35.5. The number of fused-ring (bicyclic) bond motifs is 1. The second-order valence-electron chi connectivity index (χ2n) is 4.75. The molecule has 5 nitrogen and oxygen atoms in total. The Morgan fingerprint density at radius 2 is 2.22 bits per heavy atom. The third-order valence-corrected chi connectivity index (χ3v) is 4.20. The SMILES string of the molecule is COc1cc(C)ccc1OC(=O)/C=C/c1c(Cl)nc2sccn12. The number of nitrogens with zero attached hydrogens (tertiary/aromatic N) is 2. The zero-order chi connectivity index (χ0) is 16.4. The molecule has 7 heteroatoms. The monoisotopic (exact) mass is 348 g/mol. The van der Waals surface area contributed by atoms with E-state index in [1.54, 1.807) is 18.2 Å². The summed E-state index contributed by atoms with van der Waals surface area (Å²) in [5.74, 6) is 0.357. The largest absolute Gasteiger partial charge is 0.493 e. The number of imidazole rings is 1. The fourth-order valence-corrected chi connectivity index (χ4v) is 3.08. The molecule has 2 aromatic heterocycles. The Bertz CT molecular complexity index is 898. The third-order valence-electron chi connectivity index (χ3n) is 3.16. The van der Waals surface area contributed by atoms with Gasteiger partial charge < -0.3 is 9.47 Å². The van der Waals surface area contributed by atoms with Gasteiger partial charge in [-0.3, -0.25) is 4.40 Å². The standard InChI is InChI=1S/C16H13ClN2O3S/c1-10-3-5-12(13(9-10)21-2)22-14(20)6-4-11-15(17)18-16-19(11)7-8-23-16/h3-9H,1-2H3/b6-4+. The van der Waals surface area contributed by atoms with Crippen LogP contribution in [-0.4, -0.2) is 22.5 Å². The van der Waals surface area contributed by atoms with E-state index in [1.165, 1.54) is 24.5 Å². The maximum Gasteiger partial charge on any atom is 0.336 e. The van der Waals surface area contributed by atoms with Crippen molar-refractivity contribution in [1.82, 2.24) is 9.38 Å². The number of aryl methyl sites for hydroxylation is 1. The first-order valence-electron chi connectivity index (χ1n) is 6.74. The van der Waals surface area contributed by atoms with E-state index in [9.17, 15) is 4.79 Å². The first kappa shape index (κ1) is 15.6. The molecule has 0 aliphatic heterocycles. The second kappa shape index (κ2) is 6.44. The lowest BCUT2D eigenvalue weighted by Gasteiger charge is -2.08. The molecule has 0 radical (unpaired) electrons. The fourth-order valence-electron chi connectivity index (χ4n) is 2.07. The van der Waals surface area contributed by atoms with Gasteiger partial charge in [-0.2, -0.15) is 0 Å². The van der Waals surface area contributed by atoms with E-state index in [4.69, 9.17) is 21.1 Å². The summed E-state index contributed by atoms with van der Waals surface area (Å²) >= 11 is 7.54. The quantitative estimate of drug-likeness (QED) is 0.406. The predicted octanol–water partition coefficient (Wildman–Crippen LogP) is 3.99. The summed E-state index contributed by atoms with van der Waals surface area (Å²) in [6.45, 7) is 1.93. The molecule has 0 aliphatic carbocycles. The number of thiazole rings is 1. The van der Waals surface area contributed by atoms with Gasteiger partial charge in [-0.15, -0.1) is 11.3 Å². The minimum absolute atomic E-state index is 0.341. The van der Waals surface area contributed by atoms with Gasteiger partial charge in [0.15, 0.2) is 21.6 Å². The number of carbonyl (C=O) groups is 1. The number of hydrogen-bond donors (Lipinski definition) is 0. The Labute approximate surface area is 141 Å². The number of ether oxygens (including phenoxy) is 2. The van der Waals surface area contributed by atoms with Crippen molar-refractivity contribution in [3.8, 4) is 11.5 Å². The van der Waals surface area contributed by atoms with Crippen LogP contribution in [0.5, 0.6) is 11.5 Å². The molecular weight excluding hydrogens is 336 g/mol. The Kier molecular flexibility index (Phi) is 4.36. The van der Waals surface area contributed by atoms with Crippen LogP contribution in [0.4, 0.5) is 0 Å². The topological polar surface area (TPSA) is 52.8 Å². The average Bonchev–Trinajstić information content (AvgIpc) is 3.07. The molecule has 0 amide bonds. The molecule has 2 heterocycles. The number of halogens is 1. The molecule has 0 atom stereocenters. The van der Waals surface area contributed by atoms with Gasteiger partial charge in [0.05, 0.1) is 12.8 Å². The van der Waals surface area contributed by atoms with E-state index in [0.717, 1.165) is 10.5 Å². The molecule has 3 aromatic rings.